The highest BCUT2D eigenvalue weighted by molar-refractivity contribution is 9.10. The van der Waals surface area contributed by atoms with Gasteiger partial charge in [0.15, 0.2) is 0 Å². The van der Waals surface area contributed by atoms with Crippen molar-refractivity contribution in [1.82, 2.24) is 0 Å². The predicted octanol–water partition coefficient (Wildman–Crippen LogP) is 2.38. The van der Waals surface area contributed by atoms with Crippen LogP contribution in [0.4, 0.5) is 0 Å². The molecule has 5 heteroatoms. The first-order valence-electron chi connectivity index (χ1n) is 4.88. The second-order valence-electron chi connectivity index (χ2n) is 3.81. The number of halogens is 1. The second kappa shape index (κ2) is 4.39. The van der Waals surface area contributed by atoms with E-state index in [1.807, 2.05) is 24.3 Å². The van der Waals surface area contributed by atoms with Crippen LogP contribution in [0.2, 0.25) is 0 Å². The third kappa shape index (κ3) is 1.99. The fourth-order valence-corrected chi connectivity index (χ4v) is 3.52. The Labute approximate surface area is 106 Å². The summed E-state index contributed by atoms with van der Waals surface area (Å²) in [5.74, 6) is -0.977. The van der Waals surface area contributed by atoms with Gasteiger partial charge >= 0.3 is 5.97 Å². The van der Waals surface area contributed by atoms with Gasteiger partial charge in [0.05, 0.1) is 0 Å². The summed E-state index contributed by atoms with van der Waals surface area (Å²) in [5, 5.41) is 18.3. The molecule has 1 aromatic carbocycles. The number of aliphatic hydroxyl groups excluding tert-OH is 1. The summed E-state index contributed by atoms with van der Waals surface area (Å²) in [6.45, 7) is -0.0657. The topological polar surface area (TPSA) is 57.5 Å². The van der Waals surface area contributed by atoms with E-state index in [-0.39, 0.29) is 12.5 Å². The Bertz CT molecular complexity index is 423. The average molecular weight is 303 g/mol. The zero-order valence-electron chi connectivity index (χ0n) is 8.39. The van der Waals surface area contributed by atoms with Gasteiger partial charge in [-0.1, -0.05) is 12.1 Å². The lowest BCUT2D eigenvalue weighted by Gasteiger charge is -2.12. The van der Waals surface area contributed by atoms with E-state index in [0.717, 1.165) is 9.37 Å². The van der Waals surface area contributed by atoms with Crippen LogP contribution in [0, 0.1) is 5.92 Å². The molecule has 1 aliphatic rings. The van der Waals surface area contributed by atoms with Crippen molar-refractivity contribution in [3.05, 3.63) is 28.7 Å². The van der Waals surface area contributed by atoms with Gasteiger partial charge in [0, 0.05) is 21.9 Å². The maximum absolute atomic E-state index is 11.2. The molecular weight excluding hydrogens is 292 g/mol. The highest BCUT2D eigenvalue weighted by Crippen LogP contribution is 2.57. The van der Waals surface area contributed by atoms with Crippen LogP contribution in [0.3, 0.4) is 0 Å². The van der Waals surface area contributed by atoms with E-state index in [1.54, 1.807) is 0 Å². The molecule has 0 heterocycles. The molecule has 1 saturated carbocycles. The Hall–Kier alpha value is -0.520. The molecular formula is C11H11BrO3S. The number of carboxylic acid groups (broad SMARTS) is 1. The standard InChI is InChI=1S/C11H11BrO3S/c12-8-3-1-2-4-9(8)16-11(10(14)15)5-7(11)6-13/h1-4,7,13H,5-6H2,(H,14,15). The summed E-state index contributed by atoms with van der Waals surface area (Å²) in [6.07, 6.45) is 0.533. The largest absolute Gasteiger partial charge is 0.480 e. The molecule has 2 unspecified atom stereocenters. The first kappa shape index (κ1) is 12.0. The molecule has 16 heavy (non-hydrogen) atoms. The molecule has 86 valence electrons. The van der Waals surface area contributed by atoms with Gasteiger partial charge in [0.2, 0.25) is 0 Å². The van der Waals surface area contributed by atoms with Crippen LogP contribution in [0.15, 0.2) is 33.6 Å². The normalized spacial score (nSPS) is 27.8. The molecule has 0 spiro atoms. The third-order valence-corrected chi connectivity index (χ3v) is 5.33. The Balaban J connectivity index is 2.21. The molecule has 0 saturated heterocycles. The van der Waals surface area contributed by atoms with Crippen LogP contribution >= 0.6 is 27.7 Å². The van der Waals surface area contributed by atoms with Crippen molar-refractivity contribution in [2.75, 3.05) is 6.61 Å². The number of hydrogen-bond acceptors (Lipinski definition) is 3. The van der Waals surface area contributed by atoms with Crippen LogP contribution < -0.4 is 0 Å². The molecule has 2 N–H and O–H groups in total. The molecule has 1 fully saturated rings. The summed E-state index contributed by atoms with van der Waals surface area (Å²) >= 11 is 4.71. The fourth-order valence-electron chi connectivity index (χ4n) is 1.67. The van der Waals surface area contributed by atoms with Crippen molar-refractivity contribution in [1.29, 1.82) is 0 Å². The van der Waals surface area contributed by atoms with Crippen molar-refractivity contribution in [2.45, 2.75) is 16.1 Å². The van der Waals surface area contributed by atoms with E-state index >= 15 is 0 Å². The van der Waals surface area contributed by atoms with Crippen molar-refractivity contribution in [3.63, 3.8) is 0 Å². The summed E-state index contributed by atoms with van der Waals surface area (Å²) in [5.41, 5.74) is 0. The molecule has 2 atom stereocenters. The fraction of sp³-hybridized carbons (Fsp3) is 0.364. The molecule has 0 amide bonds. The molecule has 0 aromatic heterocycles. The maximum atomic E-state index is 11.2. The SMILES string of the molecule is O=C(O)C1(Sc2ccccc2Br)CC1CO. The maximum Gasteiger partial charge on any atom is 0.320 e. The van der Waals surface area contributed by atoms with Gasteiger partial charge in [-0.2, -0.15) is 0 Å². The minimum absolute atomic E-state index is 0.0657. The summed E-state index contributed by atoms with van der Waals surface area (Å²) in [7, 11) is 0. The summed E-state index contributed by atoms with van der Waals surface area (Å²) < 4.78 is 0.0581. The van der Waals surface area contributed by atoms with E-state index < -0.39 is 10.7 Å². The lowest BCUT2D eigenvalue weighted by molar-refractivity contribution is -0.137. The molecule has 0 bridgehead atoms. The number of rotatable bonds is 4. The zero-order chi connectivity index (χ0) is 11.8. The smallest absolute Gasteiger partial charge is 0.320 e. The lowest BCUT2D eigenvalue weighted by Crippen LogP contribution is -2.21. The summed E-state index contributed by atoms with van der Waals surface area (Å²) in [4.78, 5) is 12.1. The Morgan fingerprint density at radius 2 is 2.25 bits per heavy atom. The van der Waals surface area contributed by atoms with Crippen LogP contribution in [-0.4, -0.2) is 27.5 Å². The Morgan fingerprint density at radius 3 is 2.75 bits per heavy atom. The zero-order valence-corrected chi connectivity index (χ0v) is 10.8. The van der Waals surface area contributed by atoms with Gasteiger partial charge in [-0.3, -0.25) is 4.79 Å². The monoisotopic (exact) mass is 302 g/mol. The number of thioether (sulfide) groups is 1. The third-order valence-electron chi connectivity index (χ3n) is 2.76. The van der Waals surface area contributed by atoms with Gasteiger partial charge < -0.3 is 10.2 Å². The first-order valence-corrected chi connectivity index (χ1v) is 6.49. The van der Waals surface area contributed by atoms with E-state index in [2.05, 4.69) is 15.9 Å². The average Bonchev–Trinajstić information content (AvgIpc) is 2.97. The van der Waals surface area contributed by atoms with Crippen LogP contribution in [-0.2, 0) is 4.79 Å². The van der Waals surface area contributed by atoms with E-state index in [1.165, 1.54) is 11.8 Å². The number of carbonyl (C=O) groups is 1. The van der Waals surface area contributed by atoms with Gasteiger partial charge in [-0.25, -0.2) is 0 Å². The number of aliphatic hydroxyl groups is 1. The minimum atomic E-state index is -0.840. The molecule has 0 aliphatic heterocycles. The number of hydrogen-bond donors (Lipinski definition) is 2. The Morgan fingerprint density at radius 1 is 1.56 bits per heavy atom. The molecule has 2 rings (SSSR count). The van der Waals surface area contributed by atoms with Crippen molar-refractivity contribution in [3.8, 4) is 0 Å². The lowest BCUT2D eigenvalue weighted by atomic mass is 10.3. The quantitative estimate of drug-likeness (QED) is 0.896. The Kier molecular flexibility index (Phi) is 3.28. The van der Waals surface area contributed by atoms with Gasteiger partial charge in [-0.05, 0) is 34.5 Å². The summed E-state index contributed by atoms with van der Waals surface area (Å²) in [6, 6.07) is 7.53. The van der Waals surface area contributed by atoms with Crippen molar-refractivity contribution >= 4 is 33.7 Å². The van der Waals surface area contributed by atoms with Crippen LogP contribution in [0.25, 0.3) is 0 Å². The number of carboxylic acids is 1. The molecule has 1 aromatic rings. The first-order chi connectivity index (χ1) is 7.60. The number of aliphatic carboxylic acids is 1. The molecule has 3 nitrogen and oxygen atoms in total. The highest BCUT2D eigenvalue weighted by Gasteiger charge is 2.61. The number of benzene rings is 1. The van der Waals surface area contributed by atoms with Gasteiger partial charge in [-0.15, -0.1) is 11.8 Å². The van der Waals surface area contributed by atoms with Gasteiger partial charge in [0.25, 0.3) is 0 Å². The van der Waals surface area contributed by atoms with E-state index in [0.29, 0.717) is 6.42 Å². The van der Waals surface area contributed by atoms with Crippen LogP contribution in [0.5, 0.6) is 0 Å². The second-order valence-corrected chi connectivity index (χ2v) is 6.04. The van der Waals surface area contributed by atoms with E-state index in [9.17, 15) is 9.90 Å². The van der Waals surface area contributed by atoms with Crippen molar-refractivity contribution in [2.24, 2.45) is 5.92 Å². The minimum Gasteiger partial charge on any atom is -0.480 e. The van der Waals surface area contributed by atoms with Crippen LogP contribution in [0.1, 0.15) is 6.42 Å². The van der Waals surface area contributed by atoms with Gasteiger partial charge in [0.1, 0.15) is 4.75 Å². The predicted molar refractivity (Wildman–Crippen MR) is 65.6 cm³/mol. The van der Waals surface area contributed by atoms with E-state index in [4.69, 9.17) is 5.11 Å². The van der Waals surface area contributed by atoms with Crippen molar-refractivity contribution < 1.29 is 15.0 Å². The highest BCUT2D eigenvalue weighted by atomic mass is 79.9. The molecule has 0 radical (unpaired) electrons. The molecule has 1 aliphatic carbocycles.